The van der Waals surface area contributed by atoms with Crippen LogP contribution in [0.25, 0.3) is 0 Å². The van der Waals surface area contributed by atoms with Crippen LogP contribution in [0.2, 0.25) is 0 Å². The van der Waals surface area contributed by atoms with Crippen LogP contribution in [-0.2, 0) is 0 Å². The van der Waals surface area contributed by atoms with Gasteiger partial charge in [-0.3, -0.25) is 4.99 Å². The maximum Gasteiger partial charge on any atom is 0.193 e. The Labute approximate surface area is 133 Å². The van der Waals surface area contributed by atoms with Crippen molar-refractivity contribution in [3.05, 3.63) is 30.3 Å². The van der Waals surface area contributed by atoms with Crippen molar-refractivity contribution in [3.63, 3.8) is 0 Å². The van der Waals surface area contributed by atoms with E-state index < -0.39 is 0 Å². The van der Waals surface area contributed by atoms with Crippen molar-refractivity contribution in [2.75, 3.05) is 25.5 Å². The lowest BCUT2D eigenvalue weighted by atomic mass is 10.2. The van der Waals surface area contributed by atoms with Gasteiger partial charge in [0, 0.05) is 18.3 Å². The molecule has 1 aromatic rings. The number of nitrogens with one attached hydrogen (secondary N) is 1. The summed E-state index contributed by atoms with van der Waals surface area (Å²) < 4.78 is 0. The zero-order chi connectivity index (χ0) is 13.4. The summed E-state index contributed by atoms with van der Waals surface area (Å²) >= 11 is 0. The topological polar surface area (TPSA) is 53.6 Å². The Morgan fingerprint density at radius 1 is 1.37 bits per heavy atom. The molecule has 0 amide bonds. The van der Waals surface area contributed by atoms with Crippen molar-refractivity contribution in [1.82, 2.24) is 4.90 Å². The minimum absolute atomic E-state index is 0. The number of hydrogen-bond acceptors (Lipinski definition) is 2. The van der Waals surface area contributed by atoms with Crippen LogP contribution >= 0.6 is 24.0 Å². The van der Waals surface area contributed by atoms with E-state index in [0.717, 1.165) is 18.7 Å². The first-order chi connectivity index (χ1) is 8.63. The Kier molecular flexibility index (Phi) is 9.59. The van der Waals surface area contributed by atoms with Gasteiger partial charge in [0.25, 0.3) is 0 Å². The number of nitrogens with zero attached hydrogens (tertiary/aromatic N) is 2. The minimum Gasteiger partial charge on any atom is -0.370 e. The fraction of sp³-hybridized carbons (Fsp3) is 0.500. The van der Waals surface area contributed by atoms with Crippen molar-refractivity contribution in [2.45, 2.75) is 26.3 Å². The third-order valence-corrected chi connectivity index (χ3v) is 3.12. The second-order valence-electron chi connectivity index (χ2n) is 4.50. The minimum atomic E-state index is 0. The van der Waals surface area contributed by atoms with Gasteiger partial charge >= 0.3 is 0 Å². The summed E-state index contributed by atoms with van der Waals surface area (Å²) in [6.45, 7) is 6.05. The Morgan fingerprint density at radius 2 is 2.00 bits per heavy atom. The summed E-state index contributed by atoms with van der Waals surface area (Å²) in [6, 6.07) is 10.4. The van der Waals surface area contributed by atoms with Crippen molar-refractivity contribution in [1.29, 1.82) is 0 Å². The van der Waals surface area contributed by atoms with E-state index in [4.69, 9.17) is 5.73 Å². The molecule has 0 aliphatic carbocycles. The Morgan fingerprint density at radius 3 is 2.58 bits per heavy atom. The summed E-state index contributed by atoms with van der Waals surface area (Å²) in [5, 5.41) is 3.07. The number of benzene rings is 1. The van der Waals surface area contributed by atoms with Gasteiger partial charge in [-0.15, -0.1) is 24.0 Å². The third kappa shape index (κ3) is 7.37. The summed E-state index contributed by atoms with van der Waals surface area (Å²) in [5.41, 5.74) is 6.79. The molecule has 5 heteroatoms. The lowest BCUT2D eigenvalue weighted by Gasteiger charge is -2.22. The number of rotatable bonds is 6. The molecule has 0 aliphatic rings. The molecule has 0 fully saturated rings. The summed E-state index contributed by atoms with van der Waals surface area (Å²) in [4.78, 5) is 6.61. The first-order valence-electron chi connectivity index (χ1n) is 6.45. The Bertz CT molecular complexity index is 367. The van der Waals surface area contributed by atoms with Crippen LogP contribution in [0.1, 0.15) is 20.3 Å². The molecule has 19 heavy (non-hydrogen) atoms. The number of anilines is 1. The van der Waals surface area contributed by atoms with Gasteiger partial charge in [0.1, 0.15) is 0 Å². The first-order valence-corrected chi connectivity index (χ1v) is 6.45. The molecule has 0 heterocycles. The summed E-state index contributed by atoms with van der Waals surface area (Å²) in [5.74, 6) is 0.471. The SMILES string of the molecule is CCC(C)N(C)CCN=C(N)Nc1ccccc1.I. The van der Waals surface area contributed by atoms with Crippen LogP contribution in [-0.4, -0.2) is 37.0 Å². The molecule has 0 radical (unpaired) electrons. The molecule has 0 aromatic heterocycles. The highest BCUT2D eigenvalue weighted by molar-refractivity contribution is 14.0. The highest BCUT2D eigenvalue weighted by Crippen LogP contribution is 2.04. The van der Waals surface area contributed by atoms with E-state index in [1.54, 1.807) is 0 Å². The van der Waals surface area contributed by atoms with Crippen LogP contribution in [0.3, 0.4) is 0 Å². The van der Waals surface area contributed by atoms with E-state index >= 15 is 0 Å². The number of halogens is 1. The molecule has 0 saturated heterocycles. The fourth-order valence-electron chi connectivity index (χ4n) is 1.57. The van der Waals surface area contributed by atoms with Crippen molar-refractivity contribution < 1.29 is 0 Å². The van der Waals surface area contributed by atoms with Crippen molar-refractivity contribution in [2.24, 2.45) is 10.7 Å². The van der Waals surface area contributed by atoms with Crippen molar-refractivity contribution in [3.8, 4) is 0 Å². The molecule has 0 bridgehead atoms. The van der Waals surface area contributed by atoms with Gasteiger partial charge in [-0.25, -0.2) is 0 Å². The zero-order valence-electron chi connectivity index (χ0n) is 12.0. The number of hydrogen-bond donors (Lipinski definition) is 2. The monoisotopic (exact) mass is 376 g/mol. The van der Waals surface area contributed by atoms with Gasteiger partial charge in [-0.05, 0) is 32.5 Å². The molecule has 0 saturated carbocycles. The number of para-hydroxylation sites is 1. The molecule has 108 valence electrons. The van der Waals surface area contributed by atoms with Gasteiger partial charge < -0.3 is 16.0 Å². The first kappa shape index (κ1) is 18.2. The molecular weight excluding hydrogens is 351 g/mol. The van der Waals surface area contributed by atoms with Crippen LogP contribution in [0.4, 0.5) is 5.69 Å². The second-order valence-corrected chi connectivity index (χ2v) is 4.50. The van der Waals surface area contributed by atoms with Crippen LogP contribution in [0.15, 0.2) is 35.3 Å². The van der Waals surface area contributed by atoms with Gasteiger partial charge in [0.05, 0.1) is 6.54 Å². The van der Waals surface area contributed by atoms with Crippen molar-refractivity contribution >= 4 is 35.6 Å². The summed E-state index contributed by atoms with van der Waals surface area (Å²) in [6.07, 6.45) is 1.15. The third-order valence-electron chi connectivity index (χ3n) is 3.12. The Hall–Kier alpha value is -0.820. The lowest BCUT2D eigenvalue weighted by molar-refractivity contribution is 0.259. The van der Waals surface area contributed by atoms with Crippen LogP contribution in [0.5, 0.6) is 0 Å². The molecule has 4 nitrogen and oxygen atoms in total. The van der Waals surface area contributed by atoms with E-state index in [9.17, 15) is 0 Å². The molecule has 0 spiro atoms. The number of nitrogens with two attached hydrogens (primary N) is 1. The smallest absolute Gasteiger partial charge is 0.193 e. The predicted molar refractivity (Wildman–Crippen MR) is 94.4 cm³/mol. The van der Waals surface area contributed by atoms with E-state index in [1.165, 1.54) is 0 Å². The maximum atomic E-state index is 5.82. The fourth-order valence-corrected chi connectivity index (χ4v) is 1.57. The summed E-state index contributed by atoms with van der Waals surface area (Å²) in [7, 11) is 2.12. The van der Waals surface area contributed by atoms with Gasteiger partial charge in [-0.1, -0.05) is 25.1 Å². The number of aliphatic imine (C=N–C) groups is 1. The molecular formula is C14H25IN4. The number of likely N-dealkylation sites (N-methyl/N-ethyl adjacent to an activating group) is 1. The zero-order valence-corrected chi connectivity index (χ0v) is 14.3. The van der Waals surface area contributed by atoms with Crippen LogP contribution in [0, 0.1) is 0 Å². The maximum absolute atomic E-state index is 5.82. The standard InChI is InChI=1S/C14H24N4.HI/c1-4-12(2)18(3)11-10-16-14(15)17-13-8-6-5-7-9-13;/h5-9,12H,4,10-11H2,1-3H3,(H3,15,16,17);1H. The van der Waals surface area contributed by atoms with Gasteiger partial charge in [0.15, 0.2) is 5.96 Å². The normalized spacial score (nSPS) is 12.9. The van der Waals surface area contributed by atoms with E-state index in [0.29, 0.717) is 18.5 Å². The molecule has 3 N–H and O–H groups in total. The van der Waals surface area contributed by atoms with E-state index in [2.05, 4.69) is 36.1 Å². The van der Waals surface area contributed by atoms with E-state index in [1.807, 2.05) is 30.3 Å². The van der Waals surface area contributed by atoms with Gasteiger partial charge in [-0.2, -0.15) is 0 Å². The second kappa shape index (κ2) is 10.0. The van der Waals surface area contributed by atoms with E-state index in [-0.39, 0.29) is 24.0 Å². The van der Waals surface area contributed by atoms with Gasteiger partial charge in [0.2, 0.25) is 0 Å². The predicted octanol–water partition coefficient (Wildman–Crippen LogP) is 2.76. The highest BCUT2D eigenvalue weighted by Gasteiger charge is 2.05. The number of guanidine groups is 1. The Balaban J connectivity index is 0.00000324. The molecule has 1 unspecified atom stereocenters. The molecule has 1 rings (SSSR count). The molecule has 0 aliphatic heterocycles. The highest BCUT2D eigenvalue weighted by atomic mass is 127. The van der Waals surface area contributed by atoms with Crippen LogP contribution < -0.4 is 11.1 Å². The molecule has 1 atom stereocenters. The molecule has 1 aromatic carbocycles. The lowest BCUT2D eigenvalue weighted by Crippen LogP contribution is -2.31. The largest absolute Gasteiger partial charge is 0.370 e. The average molecular weight is 376 g/mol. The average Bonchev–Trinajstić information content (AvgIpc) is 2.38. The quantitative estimate of drug-likeness (QED) is 0.456.